The Labute approximate surface area is 179 Å². The second-order valence-electron chi connectivity index (χ2n) is 7.00. The lowest BCUT2D eigenvalue weighted by Gasteiger charge is -2.32. The molecule has 1 aliphatic rings. The van der Waals surface area contributed by atoms with Gasteiger partial charge < -0.3 is 18.9 Å². The zero-order chi connectivity index (χ0) is 21.5. The topological polar surface area (TPSA) is 99.7 Å². The number of hydrogen-bond donors (Lipinski definition) is 0. The fraction of sp³-hybridized carbons (Fsp3) is 0.500. The maximum absolute atomic E-state index is 12.9. The fourth-order valence-electron chi connectivity index (χ4n) is 3.58. The second-order valence-corrected chi connectivity index (χ2v) is 7.84. The van der Waals surface area contributed by atoms with Crippen molar-refractivity contribution in [3.8, 4) is 0 Å². The van der Waals surface area contributed by atoms with Gasteiger partial charge in [-0.25, -0.2) is 4.98 Å². The highest BCUT2D eigenvalue weighted by atomic mass is 32.2. The number of imidazole rings is 1. The molecule has 10 heteroatoms. The van der Waals surface area contributed by atoms with E-state index < -0.39 is 4.92 Å². The molecule has 0 unspecified atom stereocenters. The van der Waals surface area contributed by atoms with Crippen LogP contribution in [0.3, 0.4) is 0 Å². The number of amides is 1. The van der Waals surface area contributed by atoms with Crippen LogP contribution in [0, 0.1) is 10.1 Å². The van der Waals surface area contributed by atoms with Crippen LogP contribution >= 0.6 is 11.8 Å². The number of benzene rings is 1. The summed E-state index contributed by atoms with van der Waals surface area (Å²) in [6, 6.07) is 4.69. The molecule has 0 atom stereocenters. The molecule has 2 heterocycles. The van der Waals surface area contributed by atoms with E-state index in [4.69, 9.17) is 9.47 Å². The van der Waals surface area contributed by atoms with Crippen molar-refractivity contribution in [2.75, 3.05) is 39.7 Å². The number of piperidine rings is 1. The molecule has 3 rings (SSSR count). The van der Waals surface area contributed by atoms with Gasteiger partial charge in [0.15, 0.2) is 0 Å². The first-order chi connectivity index (χ1) is 14.5. The van der Waals surface area contributed by atoms with Gasteiger partial charge in [-0.2, -0.15) is 0 Å². The van der Waals surface area contributed by atoms with E-state index in [-0.39, 0.29) is 17.5 Å². The van der Waals surface area contributed by atoms with Gasteiger partial charge in [0, 0.05) is 50.1 Å². The predicted octanol–water partition coefficient (Wildman–Crippen LogP) is 3.15. The molecule has 1 fully saturated rings. The average Bonchev–Trinajstić information content (AvgIpc) is 3.24. The van der Waals surface area contributed by atoms with Gasteiger partial charge in [0.25, 0.3) is 11.6 Å². The number of methoxy groups -OCH3 is 1. The Hall–Kier alpha value is -2.43. The number of likely N-dealkylation sites (tertiary alicyclic amines) is 1. The van der Waals surface area contributed by atoms with E-state index in [0.717, 1.165) is 18.7 Å². The Kier molecular flexibility index (Phi) is 7.83. The minimum Gasteiger partial charge on any atom is -0.382 e. The summed E-state index contributed by atoms with van der Waals surface area (Å²) >= 11 is 1.29. The van der Waals surface area contributed by atoms with Crippen molar-refractivity contribution < 1.29 is 19.2 Å². The number of carbonyl (C=O) groups is 1. The number of carbonyl (C=O) groups excluding carboxylic acids is 1. The molecule has 1 aromatic heterocycles. The van der Waals surface area contributed by atoms with Crippen LogP contribution in [0.5, 0.6) is 0 Å². The van der Waals surface area contributed by atoms with Gasteiger partial charge in [0.2, 0.25) is 0 Å². The van der Waals surface area contributed by atoms with Crippen molar-refractivity contribution in [3.05, 3.63) is 52.1 Å². The molecule has 0 N–H and O–H groups in total. The van der Waals surface area contributed by atoms with E-state index in [2.05, 4.69) is 4.98 Å². The lowest BCUT2D eigenvalue weighted by molar-refractivity contribution is -0.387. The van der Waals surface area contributed by atoms with Crippen molar-refractivity contribution in [3.63, 3.8) is 0 Å². The van der Waals surface area contributed by atoms with Crippen LogP contribution in [-0.4, -0.2) is 65.0 Å². The number of nitro groups is 1. The normalized spacial score (nSPS) is 14.8. The van der Waals surface area contributed by atoms with Crippen molar-refractivity contribution >= 4 is 23.4 Å². The van der Waals surface area contributed by atoms with Gasteiger partial charge in [-0.05, 0) is 31.2 Å². The van der Waals surface area contributed by atoms with Crippen molar-refractivity contribution in [1.29, 1.82) is 0 Å². The van der Waals surface area contributed by atoms with Crippen LogP contribution in [0.2, 0.25) is 0 Å². The molecule has 1 aromatic carbocycles. The van der Waals surface area contributed by atoms with Crippen LogP contribution in [0.15, 0.2) is 35.5 Å². The minimum atomic E-state index is -0.441. The van der Waals surface area contributed by atoms with E-state index >= 15 is 0 Å². The first-order valence-electron chi connectivity index (χ1n) is 9.74. The summed E-state index contributed by atoms with van der Waals surface area (Å²) in [7, 11) is 1.64. The Morgan fingerprint density at radius 2 is 2.10 bits per heavy atom. The number of rotatable bonds is 9. The summed E-state index contributed by atoms with van der Waals surface area (Å²) in [6.45, 7) is 2.64. The maximum Gasteiger partial charge on any atom is 0.283 e. The van der Waals surface area contributed by atoms with Gasteiger partial charge in [-0.1, -0.05) is 0 Å². The van der Waals surface area contributed by atoms with Gasteiger partial charge >= 0.3 is 0 Å². The van der Waals surface area contributed by atoms with Crippen molar-refractivity contribution in [2.45, 2.75) is 30.4 Å². The third kappa shape index (κ3) is 5.18. The molecule has 0 spiro atoms. The van der Waals surface area contributed by atoms with Crippen LogP contribution in [0.4, 0.5) is 5.69 Å². The summed E-state index contributed by atoms with van der Waals surface area (Å²) in [4.78, 5) is 30.5. The zero-order valence-electron chi connectivity index (χ0n) is 17.2. The molecule has 0 aliphatic carbocycles. The molecule has 0 bridgehead atoms. The van der Waals surface area contributed by atoms with Gasteiger partial charge in [0.05, 0.1) is 23.0 Å². The Morgan fingerprint density at radius 1 is 1.33 bits per heavy atom. The number of nitrogens with zero attached hydrogens (tertiary/aromatic N) is 4. The van der Waals surface area contributed by atoms with Crippen LogP contribution in [0.25, 0.3) is 0 Å². The Bertz CT molecular complexity index is 880. The molecule has 0 radical (unpaired) electrons. The molecule has 1 saturated heterocycles. The lowest BCUT2D eigenvalue weighted by Crippen LogP contribution is -2.38. The quantitative estimate of drug-likeness (QED) is 0.259. The van der Waals surface area contributed by atoms with Crippen LogP contribution in [0.1, 0.15) is 34.9 Å². The van der Waals surface area contributed by atoms with Gasteiger partial charge in [-0.15, -0.1) is 11.8 Å². The second kappa shape index (κ2) is 10.6. The molecule has 162 valence electrons. The van der Waals surface area contributed by atoms with E-state index in [1.165, 1.54) is 17.8 Å². The first-order valence-corrected chi connectivity index (χ1v) is 11.0. The van der Waals surface area contributed by atoms with Crippen LogP contribution in [-0.2, 0) is 16.2 Å². The molecular weight excluding hydrogens is 408 g/mol. The Balaban J connectivity index is 1.61. The molecule has 1 aliphatic heterocycles. The van der Waals surface area contributed by atoms with E-state index in [9.17, 15) is 14.9 Å². The molecule has 1 amide bonds. The highest BCUT2D eigenvalue weighted by Crippen LogP contribution is 2.31. The van der Waals surface area contributed by atoms with Gasteiger partial charge in [0.1, 0.15) is 12.6 Å². The highest BCUT2D eigenvalue weighted by molar-refractivity contribution is 7.98. The number of aromatic nitrogens is 2. The largest absolute Gasteiger partial charge is 0.382 e. The monoisotopic (exact) mass is 434 g/mol. The summed E-state index contributed by atoms with van der Waals surface area (Å²) < 4.78 is 12.6. The molecule has 0 saturated carbocycles. The summed E-state index contributed by atoms with van der Waals surface area (Å²) in [5.74, 6) is 1.03. The van der Waals surface area contributed by atoms with E-state index in [1.54, 1.807) is 36.6 Å². The summed E-state index contributed by atoms with van der Waals surface area (Å²) in [6.07, 6.45) is 7.00. The minimum absolute atomic E-state index is 0.0289. The zero-order valence-corrected chi connectivity index (χ0v) is 18.0. The third-order valence-electron chi connectivity index (χ3n) is 5.18. The van der Waals surface area contributed by atoms with E-state index in [1.807, 2.05) is 10.8 Å². The number of nitro benzene ring substituents is 1. The maximum atomic E-state index is 12.9. The lowest BCUT2D eigenvalue weighted by atomic mass is 9.95. The number of ether oxygens (including phenoxy) is 2. The summed E-state index contributed by atoms with van der Waals surface area (Å²) in [5, 5.41) is 11.3. The Morgan fingerprint density at radius 3 is 2.77 bits per heavy atom. The number of thioether (sulfide) groups is 1. The average molecular weight is 435 g/mol. The van der Waals surface area contributed by atoms with Crippen LogP contribution < -0.4 is 0 Å². The fourth-order valence-corrected chi connectivity index (χ4v) is 4.13. The predicted molar refractivity (Wildman–Crippen MR) is 113 cm³/mol. The SMILES string of the molecule is COCCOCn1ccnc1C1CCN(C(=O)c2ccc(SC)c([N+](=O)[O-])c2)CC1. The molecule has 30 heavy (non-hydrogen) atoms. The summed E-state index contributed by atoms with van der Waals surface area (Å²) in [5.41, 5.74) is 0.324. The van der Waals surface area contributed by atoms with E-state index in [0.29, 0.717) is 43.5 Å². The van der Waals surface area contributed by atoms with Gasteiger partial charge in [-0.3, -0.25) is 14.9 Å². The standard InChI is InChI=1S/C20H26N4O5S/c1-28-11-12-29-14-23-10-7-21-19(23)15-5-8-22(9-6-15)20(25)16-3-4-18(30-2)17(13-16)24(26)27/h3-4,7,10,13,15H,5-6,8-9,11-12,14H2,1-2H3. The third-order valence-corrected chi connectivity index (χ3v) is 5.96. The highest BCUT2D eigenvalue weighted by Gasteiger charge is 2.28. The number of hydrogen-bond acceptors (Lipinski definition) is 7. The molecule has 9 nitrogen and oxygen atoms in total. The molecule has 2 aromatic rings. The van der Waals surface area contributed by atoms with Crippen molar-refractivity contribution in [1.82, 2.24) is 14.5 Å². The smallest absolute Gasteiger partial charge is 0.283 e. The first kappa shape index (κ1) is 22.3. The van der Waals surface area contributed by atoms with Crippen molar-refractivity contribution in [2.24, 2.45) is 0 Å². The molecular formula is C20H26N4O5S.